The predicted octanol–water partition coefficient (Wildman–Crippen LogP) is 1.92. The van der Waals surface area contributed by atoms with E-state index in [1.54, 1.807) is 18.2 Å². The number of sulfonamides is 1. The van der Waals surface area contributed by atoms with Crippen molar-refractivity contribution in [3.05, 3.63) is 54.1 Å². The summed E-state index contributed by atoms with van der Waals surface area (Å²) >= 11 is 0. The zero-order chi connectivity index (χ0) is 14.8. The lowest BCUT2D eigenvalue weighted by Crippen LogP contribution is -2.27. The maximum absolute atomic E-state index is 13.5. The van der Waals surface area contributed by atoms with Gasteiger partial charge in [-0.25, -0.2) is 12.8 Å². The third kappa shape index (κ3) is 2.33. The highest BCUT2D eigenvalue weighted by Crippen LogP contribution is 2.24. The average Bonchev–Trinajstić information content (AvgIpc) is 2.47. The Balaban J connectivity index is 2.58. The summed E-state index contributed by atoms with van der Waals surface area (Å²) in [7, 11) is -2.71. The van der Waals surface area contributed by atoms with Crippen LogP contribution in [0.5, 0.6) is 0 Å². The molecule has 20 heavy (non-hydrogen) atoms. The number of hydrogen-bond acceptors (Lipinski definition) is 4. The van der Waals surface area contributed by atoms with E-state index in [0.29, 0.717) is 5.69 Å². The third-order valence-corrected chi connectivity index (χ3v) is 4.56. The van der Waals surface area contributed by atoms with E-state index < -0.39 is 21.4 Å². The summed E-state index contributed by atoms with van der Waals surface area (Å²) < 4.78 is 39.4. The highest BCUT2D eigenvalue weighted by atomic mass is 32.2. The first kappa shape index (κ1) is 14.0. The van der Waals surface area contributed by atoms with E-state index in [-0.39, 0.29) is 4.90 Å². The van der Waals surface area contributed by atoms with Gasteiger partial charge in [0.05, 0.1) is 11.9 Å². The lowest BCUT2D eigenvalue weighted by Gasteiger charge is -2.19. The number of hydrogen-bond donors (Lipinski definition) is 0. The molecule has 2 rings (SSSR count). The smallest absolute Gasteiger partial charge is 0.265 e. The third-order valence-electron chi connectivity index (χ3n) is 2.74. The minimum Gasteiger partial charge on any atom is -0.268 e. The summed E-state index contributed by atoms with van der Waals surface area (Å²) in [4.78, 5) is 3.46. The second kappa shape index (κ2) is 5.27. The molecule has 1 aromatic carbocycles. The molecular weight excluding hydrogens is 281 g/mol. The molecule has 0 saturated heterocycles. The fourth-order valence-corrected chi connectivity index (χ4v) is 2.99. The molecule has 1 heterocycles. The van der Waals surface area contributed by atoms with Crippen molar-refractivity contribution in [2.45, 2.75) is 4.90 Å². The van der Waals surface area contributed by atoms with Crippen LogP contribution in [0.1, 0.15) is 5.56 Å². The molecule has 0 unspecified atom stereocenters. The first-order chi connectivity index (χ1) is 9.48. The molecule has 0 spiro atoms. The van der Waals surface area contributed by atoms with Crippen LogP contribution in [0.2, 0.25) is 0 Å². The molecule has 5 nitrogen and oxygen atoms in total. The first-order valence-corrected chi connectivity index (χ1v) is 7.00. The molecule has 1 aromatic heterocycles. The number of nitrogens with zero attached hydrogens (tertiary/aromatic N) is 3. The molecule has 0 aliphatic heterocycles. The molecule has 0 fully saturated rings. The highest BCUT2D eigenvalue weighted by Gasteiger charge is 2.26. The topological polar surface area (TPSA) is 74.1 Å². The number of nitriles is 1. The molecule has 102 valence electrons. The Labute approximate surface area is 116 Å². The first-order valence-electron chi connectivity index (χ1n) is 5.56. The van der Waals surface area contributed by atoms with E-state index in [1.165, 1.54) is 31.6 Å². The molecule has 0 aliphatic rings. The number of rotatable bonds is 3. The van der Waals surface area contributed by atoms with Crippen molar-refractivity contribution < 1.29 is 12.8 Å². The maximum atomic E-state index is 13.5. The lowest BCUT2D eigenvalue weighted by atomic mass is 10.2. The fraction of sp³-hybridized carbons (Fsp3) is 0.0769. The Hall–Kier alpha value is -2.46. The standard InChI is InChI=1S/C13H10FN3O2S/c1-17(10-4-3-7-16-9-10)20(18,19)13-6-2-5-12(14)11(13)8-15/h2-7,9H,1H3. The molecule has 0 atom stereocenters. The van der Waals surface area contributed by atoms with Gasteiger partial charge in [0, 0.05) is 13.2 Å². The van der Waals surface area contributed by atoms with Gasteiger partial charge in [0.15, 0.2) is 0 Å². The molecule has 0 N–H and O–H groups in total. The second-order valence-corrected chi connectivity index (χ2v) is 5.85. The minimum absolute atomic E-state index is 0.320. The monoisotopic (exact) mass is 291 g/mol. The molecule has 2 aromatic rings. The van der Waals surface area contributed by atoms with Crippen LogP contribution in [0.3, 0.4) is 0 Å². The molecule has 0 bridgehead atoms. The van der Waals surface area contributed by atoms with E-state index in [4.69, 9.17) is 5.26 Å². The van der Waals surface area contributed by atoms with Gasteiger partial charge in [-0.2, -0.15) is 5.26 Å². The molecule has 0 amide bonds. The van der Waals surface area contributed by atoms with E-state index >= 15 is 0 Å². The van der Waals surface area contributed by atoms with E-state index in [2.05, 4.69) is 4.98 Å². The number of pyridine rings is 1. The Morgan fingerprint density at radius 1 is 1.30 bits per heavy atom. The summed E-state index contributed by atoms with van der Waals surface area (Å²) in [5, 5.41) is 8.93. The molecule has 7 heteroatoms. The Morgan fingerprint density at radius 3 is 2.65 bits per heavy atom. The van der Waals surface area contributed by atoms with Crippen LogP contribution in [-0.4, -0.2) is 20.4 Å². The van der Waals surface area contributed by atoms with Crippen molar-refractivity contribution in [3.8, 4) is 6.07 Å². The van der Waals surface area contributed by atoms with Crippen LogP contribution in [0.4, 0.5) is 10.1 Å². The van der Waals surface area contributed by atoms with Gasteiger partial charge < -0.3 is 0 Å². The van der Waals surface area contributed by atoms with E-state index in [0.717, 1.165) is 10.4 Å². The maximum Gasteiger partial charge on any atom is 0.265 e. The zero-order valence-corrected chi connectivity index (χ0v) is 11.3. The number of aromatic nitrogens is 1. The molecular formula is C13H10FN3O2S. The van der Waals surface area contributed by atoms with Crippen molar-refractivity contribution >= 4 is 15.7 Å². The lowest BCUT2D eigenvalue weighted by molar-refractivity contribution is 0.588. The van der Waals surface area contributed by atoms with Gasteiger partial charge in [0.1, 0.15) is 22.3 Å². The molecule has 0 aliphatic carbocycles. The van der Waals surface area contributed by atoms with Crippen molar-refractivity contribution in [3.63, 3.8) is 0 Å². The van der Waals surface area contributed by atoms with E-state index in [9.17, 15) is 12.8 Å². The van der Waals surface area contributed by atoms with Crippen molar-refractivity contribution in [1.82, 2.24) is 4.98 Å². The van der Waals surface area contributed by atoms with Gasteiger partial charge in [-0.05, 0) is 24.3 Å². The van der Waals surface area contributed by atoms with Crippen LogP contribution in [0, 0.1) is 17.1 Å². The van der Waals surface area contributed by atoms with Crippen molar-refractivity contribution in [2.24, 2.45) is 0 Å². The largest absolute Gasteiger partial charge is 0.268 e. The van der Waals surface area contributed by atoms with E-state index in [1.807, 2.05) is 0 Å². The fourth-order valence-electron chi connectivity index (χ4n) is 1.65. The van der Waals surface area contributed by atoms with Crippen LogP contribution in [-0.2, 0) is 10.0 Å². The minimum atomic E-state index is -4.03. The quantitative estimate of drug-likeness (QED) is 0.866. The summed E-state index contributed by atoms with van der Waals surface area (Å²) in [5.41, 5.74) is -0.177. The SMILES string of the molecule is CN(c1cccnc1)S(=O)(=O)c1cccc(F)c1C#N. The van der Waals surface area contributed by atoms with Crippen LogP contribution in [0.15, 0.2) is 47.6 Å². The van der Waals surface area contributed by atoms with Gasteiger partial charge in [0.25, 0.3) is 10.0 Å². The van der Waals surface area contributed by atoms with Crippen LogP contribution >= 0.6 is 0 Å². The summed E-state index contributed by atoms with van der Waals surface area (Å²) in [5.74, 6) is -0.867. The molecule has 0 saturated carbocycles. The number of halogens is 1. The Morgan fingerprint density at radius 2 is 2.05 bits per heavy atom. The van der Waals surface area contributed by atoms with Crippen LogP contribution < -0.4 is 4.31 Å². The Kier molecular flexibility index (Phi) is 3.68. The van der Waals surface area contributed by atoms with Gasteiger partial charge in [-0.1, -0.05) is 6.07 Å². The summed E-state index contributed by atoms with van der Waals surface area (Å²) in [6.07, 6.45) is 2.87. The average molecular weight is 291 g/mol. The van der Waals surface area contributed by atoms with Gasteiger partial charge >= 0.3 is 0 Å². The Bertz CT molecular complexity index is 770. The summed E-state index contributed by atoms with van der Waals surface area (Å²) in [6, 6.07) is 8.20. The second-order valence-electron chi connectivity index (χ2n) is 3.91. The summed E-state index contributed by atoms with van der Waals surface area (Å²) in [6.45, 7) is 0. The highest BCUT2D eigenvalue weighted by molar-refractivity contribution is 7.92. The number of anilines is 1. The zero-order valence-electron chi connectivity index (χ0n) is 10.5. The van der Waals surface area contributed by atoms with Gasteiger partial charge in [-0.3, -0.25) is 9.29 Å². The normalized spacial score (nSPS) is 10.8. The number of benzene rings is 1. The molecule has 0 radical (unpaired) electrons. The van der Waals surface area contributed by atoms with Gasteiger partial charge in [-0.15, -0.1) is 0 Å². The van der Waals surface area contributed by atoms with Gasteiger partial charge in [0.2, 0.25) is 0 Å². The van der Waals surface area contributed by atoms with Crippen LogP contribution in [0.25, 0.3) is 0 Å². The van der Waals surface area contributed by atoms with Crippen molar-refractivity contribution in [2.75, 3.05) is 11.4 Å². The predicted molar refractivity (Wildman–Crippen MR) is 70.9 cm³/mol. The van der Waals surface area contributed by atoms with Crippen molar-refractivity contribution in [1.29, 1.82) is 5.26 Å².